The molecule has 2 rings (SSSR count). The molecule has 64 valence electrons. The standard InChI is InChI=1S/C10H14N2/c1-7-4-5-8(2)10-9(7)6-11-12(10)3/h4-6,9-10H,1-3H3. The van der Waals surface area contributed by atoms with Gasteiger partial charge in [-0.25, -0.2) is 0 Å². The number of hydrazone groups is 1. The summed E-state index contributed by atoms with van der Waals surface area (Å²) in [7, 11) is 2.04. The summed E-state index contributed by atoms with van der Waals surface area (Å²) in [5, 5.41) is 6.36. The summed E-state index contributed by atoms with van der Waals surface area (Å²) in [4.78, 5) is 0. The minimum Gasteiger partial charge on any atom is -0.292 e. The van der Waals surface area contributed by atoms with Crippen molar-refractivity contribution in [1.29, 1.82) is 0 Å². The largest absolute Gasteiger partial charge is 0.292 e. The molecule has 0 bridgehead atoms. The third-order valence-electron chi connectivity index (χ3n) is 2.75. The summed E-state index contributed by atoms with van der Waals surface area (Å²) in [6.45, 7) is 4.34. The minimum absolute atomic E-state index is 0.481. The molecule has 1 aliphatic carbocycles. The van der Waals surface area contributed by atoms with Crippen LogP contribution >= 0.6 is 0 Å². The molecule has 0 saturated carbocycles. The van der Waals surface area contributed by atoms with Crippen LogP contribution in [0, 0.1) is 5.92 Å². The molecule has 0 N–H and O–H groups in total. The third-order valence-corrected chi connectivity index (χ3v) is 2.75. The van der Waals surface area contributed by atoms with Gasteiger partial charge in [0.2, 0.25) is 0 Å². The Balaban J connectivity index is 2.37. The van der Waals surface area contributed by atoms with E-state index >= 15 is 0 Å². The van der Waals surface area contributed by atoms with E-state index in [0.717, 1.165) is 0 Å². The van der Waals surface area contributed by atoms with Gasteiger partial charge in [-0.15, -0.1) is 0 Å². The van der Waals surface area contributed by atoms with Crippen molar-refractivity contribution < 1.29 is 0 Å². The predicted molar refractivity (Wildman–Crippen MR) is 51.0 cm³/mol. The van der Waals surface area contributed by atoms with E-state index in [4.69, 9.17) is 0 Å². The number of nitrogens with zero attached hydrogens (tertiary/aromatic N) is 2. The van der Waals surface area contributed by atoms with Crippen LogP contribution in [0.5, 0.6) is 0 Å². The zero-order chi connectivity index (χ0) is 8.72. The number of rotatable bonds is 0. The lowest BCUT2D eigenvalue weighted by Gasteiger charge is -2.28. The third kappa shape index (κ3) is 0.909. The maximum atomic E-state index is 4.31. The lowest BCUT2D eigenvalue weighted by atomic mass is 9.85. The summed E-state index contributed by atoms with van der Waals surface area (Å²) in [5.41, 5.74) is 2.82. The van der Waals surface area contributed by atoms with E-state index in [1.807, 2.05) is 18.3 Å². The van der Waals surface area contributed by atoms with Crippen LogP contribution in [-0.4, -0.2) is 24.3 Å². The van der Waals surface area contributed by atoms with Gasteiger partial charge >= 0.3 is 0 Å². The Morgan fingerprint density at radius 2 is 1.92 bits per heavy atom. The summed E-state index contributed by atoms with van der Waals surface area (Å²) < 4.78 is 0. The van der Waals surface area contributed by atoms with E-state index in [0.29, 0.717) is 12.0 Å². The predicted octanol–water partition coefficient (Wildman–Crippen LogP) is 1.81. The number of likely N-dealkylation sites (N-methyl/N-ethyl adjacent to an activating group) is 1. The van der Waals surface area contributed by atoms with Gasteiger partial charge in [0.25, 0.3) is 0 Å². The molecule has 12 heavy (non-hydrogen) atoms. The molecular formula is C10H14N2. The highest BCUT2D eigenvalue weighted by molar-refractivity contribution is 5.70. The van der Waals surface area contributed by atoms with Gasteiger partial charge in [-0.3, -0.25) is 5.01 Å². The van der Waals surface area contributed by atoms with Crippen molar-refractivity contribution in [3.05, 3.63) is 23.3 Å². The normalized spacial score (nSPS) is 33.1. The molecule has 2 aliphatic rings. The van der Waals surface area contributed by atoms with Gasteiger partial charge in [-0.2, -0.15) is 5.10 Å². The Bertz CT molecular complexity index is 286. The van der Waals surface area contributed by atoms with Crippen molar-refractivity contribution in [2.45, 2.75) is 19.9 Å². The van der Waals surface area contributed by atoms with Gasteiger partial charge in [-0.05, 0) is 19.4 Å². The van der Waals surface area contributed by atoms with Gasteiger partial charge in [0.15, 0.2) is 0 Å². The van der Waals surface area contributed by atoms with E-state index in [1.54, 1.807) is 0 Å². The van der Waals surface area contributed by atoms with E-state index in [2.05, 4.69) is 31.1 Å². The molecule has 0 spiro atoms. The molecule has 0 fully saturated rings. The minimum atomic E-state index is 0.481. The fraction of sp³-hybridized carbons (Fsp3) is 0.500. The summed E-state index contributed by atoms with van der Waals surface area (Å²) in [6.07, 6.45) is 6.44. The first-order chi connectivity index (χ1) is 5.70. The molecule has 2 nitrogen and oxygen atoms in total. The Morgan fingerprint density at radius 1 is 1.25 bits per heavy atom. The first-order valence-electron chi connectivity index (χ1n) is 4.32. The second-order valence-corrected chi connectivity index (χ2v) is 3.63. The van der Waals surface area contributed by atoms with Crippen LogP contribution in [-0.2, 0) is 0 Å². The highest BCUT2D eigenvalue weighted by Crippen LogP contribution is 2.31. The van der Waals surface area contributed by atoms with Crippen LogP contribution in [0.4, 0.5) is 0 Å². The molecule has 0 aromatic rings. The topological polar surface area (TPSA) is 15.6 Å². The first-order valence-corrected chi connectivity index (χ1v) is 4.32. The van der Waals surface area contributed by atoms with E-state index in [-0.39, 0.29) is 0 Å². The second-order valence-electron chi connectivity index (χ2n) is 3.63. The molecule has 0 saturated heterocycles. The quantitative estimate of drug-likeness (QED) is 0.530. The average molecular weight is 162 g/mol. The molecule has 0 amide bonds. The first kappa shape index (κ1) is 7.59. The Kier molecular flexibility index (Phi) is 1.56. The van der Waals surface area contributed by atoms with Crippen LogP contribution in [0.2, 0.25) is 0 Å². The Morgan fingerprint density at radius 3 is 2.58 bits per heavy atom. The van der Waals surface area contributed by atoms with Crippen molar-refractivity contribution in [2.24, 2.45) is 11.0 Å². The number of allylic oxidation sites excluding steroid dienone is 2. The van der Waals surface area contributed by atoms with E-state index in [9.17, 15) is 0 Å². The maximum Gasteiger partial charge on any atom is 0.0792 e. The van der Waals surface area contributed by atoms with Gasteiger partial charge in [0.05, 0.1) is 6.04 Å². The number of fused-ring (bicyclic) bond motifs is 1. The fourth-order valence-electron chi connectivity index (χ4n) is 1.98. The molecule has 2 atom stereocenters. The van der Waals surface area contributed by atoms with Crippen molar-refractivity contribution in [3.63, 3.8) is 0 Å². The van der Waals surface area contributed by atoms with E-state index in [1.165, 1.54) is 11.1 Å². The lowest BCUT2D eigenvalue weighted by molar-refractivity contribution is 0.290. The molecule has 0 aromatic heterocycles. The molecule has 2 unspecified atom stereocenters. The average Bonchev–Trinajstić information content (AvgIpc) is 2.42. The molecule has 1 heterocycles. The van der Waals surface area contributed by atoms with Crippen LogP contribution in [0.15, 0.2) is 28.4 Å². The van der Waals surface area contributed by atoms with Crippen LogP contribution < -0.4 is 0 Å². The highest BCUT2D eigenvalue weighted by Gasteiger charge is 2.32. The molecular weight excluding hydrogens is 148 g/mol. The molecule has 0 radical (unpaired) electrons. The van der Waals surface area contributed by atoms with Crippen molar-refractivity contribution in [1.82, 2.24) is 5.01 Å². The van der Waals surface area contributed by atoms with Crippen LogP contribution in [0.3, 0.4) is 0 Å². The summed E-state index contributed by atoms with van der Waals surface area (Å²) >= 11 is 0. The SMILES string of the molecule is CC1=CC=C(C)C2C1C=NN2C. The number of hydrogen-bond donors (Lipinski definition) is 0. The Labute approximate surface area is 73.3 Å². The van der Waals surface area contributed by atoms with E-state index < -0.39 is 0 Å². The maximum absolute atomic E-state index is 4.31. The smallest absolute Gasteiger partial charge is 0.0792 e. The molecule has 0 aromatic carbocycles. The monoisotopic (exact) mass is 162 g/mol. The van der Waals surface area contributed by atoms with Gasteiger partial charge in [-0.1, -0.05) is 17.7 Å². The van der Waals surface area contributed by atoms with Gasteiger partial charge in [0.1, 0.15) is 0 Å². The zero-order valence-corrected chi connectivity index (χ0v) is 7.78. The van der Waals surface area contributed by atoms with Crippen LogP contribution in [0.25, 0.3) is 0 Å². The van der Waals surface area contributed by atoms with Crippen molar-refractivity contribution in [2.75, 3.05) is 7.05 Å². The highest BCUT2D eigenvalue weighted by atomic mass is 15.5. The zero-order valence-electron chi connectivity index (χ0n) is 7.78. The van der Waals surface area contributed by atoms with Crippen LogP contribution in [0.1, 0.15) is 13.8 Å². The summed E-state index contributed by atoms with van der Waals surface area (Å²) in [6, 6.07) is 0.481. The van der Waals surface area contributed by atoms with Gasteiger partial charge in [0, 0.05) is 19.2 Å². The van der Waals surface area contributed by atoms with Crippen molar-refractivity contribution >= 4 is 6.21 Å². The van der Waals surface area contributed by atoms with Crippen molar-refractivity contribution in [3.8, 4) is 0 Å². The molecule has 1 aliphatic heterocycles. The fourth-order valence-corrected chi connectivity index (χ4v) is 1.98. The van der Waals surface area contributed by atoms with Gasteiger partial charge < -0.3 is 0 Å². The molecule has 2 heteroatoms. The Hall–Kier alpha value is -1.05. The number of hydrogen-bond acceptors (Lipinski definition) is 2. The second kappa shape index (κ2) is 2.47. The summed E-state index contributed by atoms with van der Waals surface area (Å²) in [5.74, 6) is 0.514. The lowest BCUT2D eigenvalue weighted by Crippen LogP contribution is -2.32.